The van der Waals surface area contributed by atoms with Gasteiger partial charge in [0.1, 0.15) is 0 Å². The second-order valence-corrected chi connectivity index (χ2v) is 5.96. The summed E-state index contributed by atoms with van der Waals surface area (Å²) in [5.74, 6) is 0.753. The van der Waals surface area contributed by atoms with E-state index in [-0.39, 0.29) is 0 Å². The van der Waals surface area contributed by atoms with Gasteiger partial charge in [0, 0.05) is 51.2 Å². The van der Waals surface area contributed by atoms with Gasteiger partial charge in [-0.1, -0.05) is 29.8 Å². The summed E-state index contributed by atoms with van der Waals surface area (Å²) in [5.41, 5.74) is 0. The van der Waals surface area contributed by atoms with Crippen molar-refractivity contribution in [3.63, 3.8) is 0 Å². The van der Waals surface area contributed by atoms with Crippen molar-refractivity contribution in [3.8, 4) is 0 Å². The highest BCUT2D eigenvalue weighted by molar-refractivity contribution is 9.09. The van der Waals surface area contributed by atoms with Gasteiger partial charge in [-0.25, -0.2) is 0 Å². The van der Waals surface area contributed by atoms with Crippen LogP contribution in [0.3, 0.4) is 0 Å². The number of rotatable bonds is 8. The molecule has 1 aliphatic heterocycles. The minimum absolute atomic E-state index is 0.753. The number of halogens is 1. The van der Waals surface area contributed by atoms with Gasteiger partial charge in [0.2, 0.25) is 0 Å². The number of nitrogens with zero attached hydrogens (tertiary/aromatic N) is 2. The van der Waals surface area contributed by atoms with E-state index in [9.17, 15) is 0 Å². The molecular formula is C13H27BrN2O. The molecule has 4 heteroatoms. The van der Waals surface area contributed by atoms with Crippen LogP contribution in [0.25, 0.3) is 0 Å². The third-order valence-corrected chi connectivity index (χ3v) is 3.61. The maximum Gasteiger partial charge on any atom is 0.0593 e. The average Bonchev–Trinajstić information content (AvgIpc) is 2.31. The predicted octanol–water partition coefficient (Wildman–Crippen LogP) is 2.06. The van der Waals surface area contributed by atoms with Gasteiger partial charge in [-0.15, -0.1) is 0 Å². The van der Waals surface area contributed by atoms with Crippen LogP contribution in [0.1, 0.15) is 20.3 Å². The molecule has 0 atom stereocenters. The molecule has 1 saturated heterocycles. The fraction of sp³-hybridized carbons (Fsp3) is 1.00. The topological polar surface area (TPSA) is 15.7 Å². The number of hydrogen-bond donors (Lipinski definition) is 0. The zero-order valence-electron chi connectivity index (χ0n) is 11.3. The van der Waals surface area contributed by atoms with Crippen molar-refractivity contribution < 1.29 is 4.74 Å². The van der Waals surface area contributed by atoms with Crippen LogP contribution in [0, 0.1) is 5.92 Å². The molecular weight excluding hydrogens is 280 g/mol. The third kappa shape index (κ3) is 7.39. The van der Waals surface area contributed by atoms with E-state index >= 15 is 0 Å². The Morgan fingerprint density at radius 3 is 2.12 bits per heavy atom. The first kappa shape index (κ1) is 15.4. The standard InChI is InChI=1S/C13H27BrN2O/c1-13(2)3-11-17-12-10-16-8-6-15(5-4-14)7-9-16/h13H,3-12H2,1-2H3. The van der Waals surface area contributed by atoms with Crippen molar-refractivity contribution in [1.82, 2.24) is 9.80 Å². The largest absolute Gasteiger partial charge is 0.380 e. The second kappa shape index (κ2) is 9.31. The first-order chi connectivity index (χ1) is 8.22. The van der Waals surface area contributed by atoms with Gasteiger partial charge in [0.15, 0.2) is 0 Å². The van der Waals surface area contributed by atoms with Gasteiger partial charge in [-0.3, -0.25) is 9.80 Å². The van der Waals surface area contributed by atoms with E-state index in [1.54, 1.807) is 0 Å². The van der Waals surface area contributed by atoms with Gasteiger partial charge in [-0.05, 0) is 12.3 Å². The molecule has 0 bridgehead atoms. The van der Waals surface area contributed by atoms with E-state index in [0.717, 1.165) is 31.0 Å². The fourth-order valence-electron chi connectivity index (χ4n) is 1.97. The fourth-order valence-corrected chi connectivity index (χ4v) is 2.47. The molecule has 3 nitrogen and oxygen atoms in total. The van der Waals surface area contributed by atoms with Crippen LogP contribution in [-0.4, -0.2) is 67.6 Å². The lowest BCUT2D eigenvalue weighted by Gasteiger charge is -2.34. The van der Waals surface area contributed by atoms with E-state index in [4.69, 9.17) is 4.74 Å². The van der Waals surface area contributed by atoms with Crippen molar-refractivity contribution in [1.29, 1.82) is 0 Å². The number of alkyl halides is 1. The van der Waals surface area contributed by atoms with E-state index in [2.05, 4.69) is 39.6 Å². The summed E-state index contributed by atoms with van der Waals surface area (Å²) in [6.07, 6.45) is 1.18. The number of piperazine rings is 1. The van der Waals surface area contributed by atoms with Gasteiger partial charge in [0.05, 0.1) is 6.61 Å². The Morgan fingerprint density at radius 2 is 1.59 bits per heavy atom. The van der Waals surface area contributed by atoms with Gasteiger partial charge in [0.25, 0.3) is 0 Å². The van der Waals surface area contributed by atoms with E-state index < -0.39 is 0 Å². The summed E-state index contributed by atoms with van der Waals surface area (Å²) in [4.78, 5) is 5.03. The molecule has 1 rings (SSSR count). The molecule has 0 aromatic carbocycles. The SMILES string of the molecule is CC(C)CCOCCN1CCN(CCBr)CC1. The minimum Gasteiger partial charge on any atom is -0.380 e. The highest BCUT2D eigenvalue weighted by atomic mass is 79.9. The monoisotopic (exact) mass is 306 g/mol. The third-order valence-electron chi connectivity index (χ3n) is 3.26. The van der Waals surface area contributed by atoms with Crippen molar-refractivity contribution in [2.24, 2.45) is 5.92 Å². The molecule has 0 aromatic rings. The number of ether oxygens (including phenoxy) is 1. The molecule has 0 spiro atoms. The van der Waals surface area contributed by atoms with Crippen molar-refractivity contribution in [3.05, 3.63) is 0 Å². The van der Waals surface area contributed by atoms with Crippen LogP contribution < -0.4 is 0 Å². The summed E-state index contributed by atoms with van der Waals surface area (Å²) in [7, 11) is 0. The van der Waals surface area contributed by atoms with Crippen molar-refractivity contribution in [2.45, 2.75) is 20.3 Å². The minimum atomic E-state index is 0.753. The Hall–Kier alpha value is 0.360. The van der Waals surface area contributed by atoms with Crippen LogP contribution in [-0.2, 0) is 4.74 Å². The Morgan fingerprint density at radius 1 is 1.00 bits per heavy atom. The lowest BCUT2D eigenvalue weighted by Crippen LogP contribution is -2.47. The van der Waals surface area contributed by atoms with Crippen LogP contribution in [0.4, 0.5) is 0 Å². The molecule has 0 unspecified atom stereocenters. The van der Waals surface area contributed by atoms with Crippen LogP contribution >= 0.6 is 15.9 Å². The predicted molar refractivity (Wildman–Crippen MR) is 76.9 cm³/mol. The maximum absolute atomic E-state index is 5.66. The van der Waals surface area contributed by atoms with E-state index in [1.165, 1.54) is 39.1 Å². The van der Waals surface area contributed by atoms with Gasteiger partial charge in [-0.2, -0.15) is 0 Å². The summed E-state index contributed by atoms with van der Waals surface area (Å²) in [6.45, 7) is 13.4. The molecule has 0 N–H and O–H groups in total. The summed E-state index contributed by atoms with van der Waals surface area (Å²) >= 11 is 3.50. The molecule has 1 fully saturated rings. The van der Waals surface area contributed by atoms with Crippen LogP contribution in [0.2, 0.25) is 0 Å². The van der Waals surface area contributed by atoms with Crippen LogP contribution in [0.5, 0.6) is 0 Å². The molecule has 0 aromatic heterocycles. The zero-order valence-corrected chi connectivity index (χ0v) is 12.9. The van der Waals surface area contributed by atoms with E-state index in [0.29, 0.717) is 0 Å². The average molecular weight is 307 g/mol. The first-order valence-corrected chi connectivity index (χ1v) is 7.93. The molecule has 0 aliphatic carbocycles. The first-order valence-electron chi connectivity index (χ1n) is 6.80. The molecule has 102 valence electrons. The molecule has 1 heterocycles. The van der Waals surface area contributed by atoms with Crippen LogP contribution in [0.15, 0.2) is 0 Å². The summed E-state index contributed by atoms with van der Waals surface area (Å²) < 4.78 is 5.66. The lowest BCUT2D eigenvalue weighted by molar-refractivity contribution is 0.0730. The Kier molecular flexibility index (Phi) is 8.44. The second-order valence-electron chi connectivity index (χ2n) is 5.17. The summed E-state index contributed by atoms with van der Waals surface area (Å²) in [5, 5.41) is 1.09. The van der Waals surface area contributed by atoms with Gasteiger partial charge < -0.3 is 4.74 Å². The smallest absolute Gasteiger partial charge is 0.0593 e. The molecule has 1 aliphatic rings. The normalized spacial score (nSPS) is 19.1. The summed E-state index contributed by atoms with van der Waals surface area (Å²) in [6, 6.07) is 0. The lowest BCUT2D eigenvalue weighted by atomic mass is 10.1. The molecule has 17 heavy (non-hydrogen) atoms. The van der Waals surface area contributed by atoms with E-state index in [1.807, 2.05) is 0 Å². The maximum atomic E-state index is 5.66. The number of hydrogen-bond acceptors (Lipinski definition) is 3. The zero-order chi connectivity index (χ0) is 12.5. The van der Waals surface area contributed by atoms with Gasteiger partial charge >= 0.3 is 0 Å². The quantitative estimate of drug-likeness (QED) is 0.504. The molecule has 0 amide bonds. The Labute approximate surface area is 115 Å². The van der Waals surface area contributed by atoms with Crippen molar-refractivity contribution in [2.75, 3.05) is 57.8 Å². The Bertz CT molecular complexity index is 182. The Balaban J connectivity index is 1.95. The molecule has 0 saturated carbocycles. The highest BCUT2D eigenvalue weighted by Gasteiger charge is 2.15. The highest BCUT2D eigenvalue weighted by Crippen LogP contribution is 2.03. The molecule has 0 radical (unpaired) electrons. The van der Waals surface area contributed by atoms with Crippen molar-refractivity contribution >= 4 is 15.9 Å².